The Kier molecular flexibility index (Phi) is 3.59. The van der Waals surface area contributed by atoms with Crippen molar-refractivity contribution in [2.45, 2.75) is 19.3 Å². The third-order valence-electron chi connectivity index (χ3n) is 3.33. The predicted molar refractivity (Wildman–Crippen MR) is 59.4 cm³/mol. The molecule has 2 rings (SSSR count). The summed E-state index contributed by atoms with van der Waals surface area (Å²) in [6, 6.07) is 0. The van der Waals surface area contributed by atoms with Crippen LogP contribution < -0.4 is 5.73 Å². The van der Waals surface area contributed by atoms with Crippen LogP contribution in [0.15, 0.2) is 0 Å². The zero-order valence-corrected chi connectivity index (χ0v) is 9.32. The van der Waals surface area contributed by atoms with E-state index in [0.717, 1.165) is 45.7 Å². The van der Waals surface area contributed by atoms with E-state index in [4.69, 9.17) is 5.73 Å². The average Bonchev–Trinajstić information content (AvgIpc) is 3.03. The van der Waals surface area contributed by atoms with Gasteiger partial charge < -0.3 is 10.6 Å². The summed E-state index contributed by atoms with van der Waals surface area (Å²) in [6.07, 6.45) is 3.31. The minimum absolute atomic E-state index is 0.366. The normalized spacial score (nSPS) is 23.1. The molecule has 2 fully saturated rings. The minimum Gasteiger partial charge on any atom is -0.340 e. The summed E-state index contributed by atoms with van der Waals surface area (Å²) in [5.41, 5.74) is 5.51. The largest absolute Gasteiger partial charge is 0.340 e. The van der Waals surface area contributed by atoms with Crippen molar-refractivity contribution in [1.29, 1.82) is 0 Å². The number of nitrogens with zero attached hydrogens (tertiary/aromatic N) is 2. The molecule has 0 radical (unpaired) electrons. The van der Waals surface area contributed by atoms with Gasteiger partial charge in [-0.3, -0.25) is 9.69 Å². The van der Waals surface area contributed by atoms with E-state index >= 15 is 0 Å². The number of hydrogen-bond acceptors (Lipinski definition) is 3. The Morgan fingerprint density at radius 2 is 1.87 bits per heavy atom. The number of carbonyl (C=O) groups is 1. The van der Waals surface area contributed by atoms with Crippen LogP contribution in [0.3, 0.4) is 0 Å². The van der Waals surface area contributed by atoms with Gasteiger partial charge in [0, 0.05) is 45.7 Å². The van der Waals surface area contributed by atoms with Gasteiger partial charge in [-0.1, -0.05) is 0 Å². The van der Waals surface area contributed by atoms with E-state index in [1.165, 1.54) is 12.8 Å². The molecule has 0 aromatic heterocycles. The molecule has 1 saturated heterocycles. The van der Waals surface area contributed by atoms with Crippen molar-refractivity contribution in [2.75, 3.05) is 39.3 Å². The number of rotatable bonds is 4. The minimum atomic E-state index is 0.366. The van der Waals surface area contributed by atoms with E-state index in [2.05, 4.69) is 4.90 Å². The lowest BCUT2D eigenvalue weighted by Gasteiger charge is -2.34. The summed E-state index contributed by atoms with van der Waals surface area (Å²) < 4.78 is 0. The standard InChI is InChI=1S/C11H21N3O/c12-3-4-13-5-7-14(8-6-13)11(15)9-10-1-2-10/h10H,1-9,12H2. The summed E-state index contributed by atoms with van der Waals surface area (Å²) in [6.45, 7) is 5.46. The summed E-state index contributed by atoms with van der Waals surface area (Å²) in [5, 5.41) is 0. The smallest absolute Gasteiger partial charge is 0.222 e. The number of carbonyl (C=O) groups excluding carboxylic acids is 1. The second kappa shape index (κ2) is 4.94. The first-order valence-electron chi connectivity index (χ1n) is 6.00. The lowest BCUT2D eigenvalue weighted by atomic mass is 10.2. The molecular weight excluding hydrogens is 190 g/mol. The van der Waals surface area contributed by atoms with Gasteiger partial charge in [0.05, 0.1) is 0 Å². The van der Waals surface area contributed by atoms with Crippen molar-refractivity contribution in [3.63, 3.8) is 0 Å². The Bertz CT molecular complexity index is 220. The molecule has 0 aromatic rings. The third-order valence-corrected chi connectivity index (χ3v) is 3.33. The molecule has 1 heterocycles. The Balaban J connectivity index is 1.69. The molecular formula is C11H21N3O. The van der Waals surface area contributed by atoms with E-state index in [0.29, 0.717) is 11.8 Å². The molecule has 1 saturated carbocycles. The molecule has 0 aromatic carbocycles. The maximum absolute atomic E-state index is 11.8. The van der Waals surface area contributed by atoms with Gasteiger partial charge in [0.2, 0.25) is 5.91 Å². The van der Waals surface area contributed by atoms with Gasteiger partial charge in [0.1, 0.15) is 0 Å². The fraction of sp³-hybridized carbons (Fsp3) is 0.909. The van der Waals surface area contributed by atoms with E-state index < -0.39 is 0 Å². The molecule has 1 aliphatic carbocycles. The summed E-state index contributed by atoms with van der Waals surface area (Å²) in [4.78, 5) is 16.1. The highest BCUT2D eigenvalue weighted by molar-refractivity contribution is 5.76. The molecule has 0 bridgehead atoms. The van der Waals surface area contributed by atoms with Crippen molar-refractivity contribution in [1.82, 2.24) is 9.80 Å². The van der Waals surface area contributed by atoms with E-state index in [1.54, 1.807) is 0 Å². The molecule has 0 atom stereocenters. The molecule has 0 spiro atoms. The van der Waals surface area contributed by atoms with E-state index in [1.807, 2.05) is 4.90 Å². The molecule has 0 unspecified atom stereocenters. The van der Waals surface area contributed by atoms with Crippen molar-refractivity contribution in [3.8, 4) is 0 Å². The van der Waals surface area contributed by atoms with Crippen molar-refractivity contribution in [3.05, 3.63) is 0 Å². The lowest BCUT2D eigenvalue weighted by molar-refractivity contribution is -0.133. The van der Waals surface area contributed by atoms with Crippen LogP contribution in [0.2, 0.25) is 0 Å². The molecule has 2 N–H and O–H groups in total. The summed E-state index contributed by atoms with van der Waals surface area (Å²) >= 11 is 0. The lowest BCUT2D eigenvalue weighted by Crippen LogP contribution is -2.49. The first-order chi connectivity index (χ1) is 7.29. The fourth-order valence-electron chi connectivity index (χ4n) is 2.10. The summed E-state index contributed by atoms with van der Waals surface area (Å²) in [5.74, 6) is 1.07. The Morgan fingerprint density at radius 1 is 1.20 bits per heavy atom. The highest BCUT2D eigenvalue weighted by Crippen LogP contribution is 2.32. The van der Waals surface area contributed by atoms with Crippen LogP contribution in [0.1, 0.15) is 19.3 Å². The first-order valence-corrected chi connectivity index (χ1v) is 6.00. The van der Waals surface area contributed by atoms with Crippen LogP contribution in [0.5, 0.6) is 0 Å². The molecule has 4 heteroatoms. The maximum Gasteiger partial charge on any atom is 0.222 e. The first kappa shape index (κ1) is 10.9. The molecule has 4 nitrogen and oxygen atoms in total. The van der Waals surface area contributed by atoms with Gasteiger partial charge in [-0.2, -0.15) is 0 Å². The van der Waals surface area contributed by atoms with Gasteiger partial charge in [0.15, 0.2) is 0 Å². The van der Waals surface area contributed by atoms with Crippen LogP contribution in [-0.4, -0.2) is 55.0 Å². The summed E-state index contributed by atoms with van der Waals surface area (Å²) in [7, 11) is 0. The zero-order chi connectivity index (χ0) is 10.7. The monoisotopic (exact) mass is 211 g/mol. The second-order valence-electron chi connectivity index (χ2n) is 4.66. The van der Waals surface area contributed by atoms with Crippen molar-refractivity contribution >= 4 is 5.91 Å². The highest BCUT2D eigenvalue weighted by Gasteiger charge is 2.28. The van der Waals surface area contributed by atoms with Crippen molar-refractivity contribution in [2.24, 2.45) is 11.7 Å². The second-order valence-corrected chi connectivity index (χ2v) is 4.66. The predicted octanol–water partition coefficient (Wildman–Crippen LogP) is -0.111. The maximum atomic E-state index is 11.8. The fourth-order valence-corrected chi connectivity index (χ4v) is 2.10. The Morgan fingerprint density at radius 3 is 2.40 bits per heavy atom. The highest BCUT2D eigenvalue weighted by atomic mass is 16.2. The van der Waals surface area contributed by atoms with Gasteiger partial charge in [-0.25, -0.2) is 0 Å². The third kappa shape index (κ3) is 3.18. The van der Waals surface area contributed by atoms with Crippen LogP contribution in [0.4, 0.5) is 0 Å². The number of amides is 1. The van der Waals surface area contributed by atoms with E-state index in [-0.39, 0.29) is 0 Å². The SMILES string of the molecule is NCCN1CCN(C(=O)CC2CC2)CC1. The number of piperazine rings is 1. The average molecular weight is 211 g/mol. The van der Waals surface area contributed by atoms with Crippen LogP contribution in [-0.2, 0) is 4.79 Å². The molecule has 1 aliphatic heterocycles. The molecule has 2 aliphatic rings. The quantitative estimate of drug-likeness (QED) is 0.706. The molecule has 1 amide bonds. The van der Waals surface area contributed by atoms with Gasteiger partial charge in [0.25, 0.3) is 0 Å². The molecule has 15 heavy (non-hydrogen) atoms. The number of hydrogen-bond donors (Lipinski definition) is 1. The van der Waals surface area contributed by atoms with Crippen LogP contribution >= 0.6 is 0 Å². The van der Waals surface area contributed by atoms with Crippen LogP contribution in [0.25, 0.3) is 0 Å². The number of nitrogens with two attached hydrogens (primary N) is 1. The van der Waals surface area contributed by atoms with Crippen molar-refractivity contribution < 1.29 is 4.79 Å². The van der Waals surface area contributed by atoms with Gasteiger partial charge in [-0.15, -0.1) is 0 Å². The van der Waals surface area contributed by atoms with E-state index in [9.17, 15) is 4.79 Å². The Hall–Kier alpha value is -0.610. The Labute approximate surface area is 91.4 Å². The zero-order valence-electron chi connectivity index (χ0n) is 9.32. The van der Waals surface area contributed by atoms with Gasteiger partial charge in [-0.05, 0) is 18.8 Å². The topological polar surface area (TPSA) is 49.6 Å². The van der Waals surface area contributed by atoms with Gasteiger partial charge >= 0.3 is 0 Å². The van der Waals surface area contributed by atoms with Crippen LogP contribution in [0, 0.1) is 5.92 Å². The molecule has 86 valence electrons.